The lowest BCUT2D eigenvalue weighted by Gasteiger charge is -2.33. The van der Waals surface area contributed by atoms with E-state index in [0.717, 1.165) is 30.3 Å². The molecule has 0 saturated heterocycles. The molecule has 0 saturated carbocycles. The van der Waals surface area contributed by atoms with Crippen molar-refractivity contribution < 1.29 is 60.2 Å². The second-order valence-corrected chi connectivity index (χ2v) is 9.05. The minimum Gasteiger partial charge on any atom is -0.508 e. The Morgan fingerprint density at radius 3 is 2.05 bits per heavy atom. The first-order valence-corrected chi connectivity index (χ1v) is 11.5. The van der Waals surface area contributed by atoms with Gasteiger partial charge in [0.1, 0.15) is 23.4 Å². The lowest BCUT2D eigenvalue weighted by Crippen LogP contribution is -2.34. The molecule has 1 heterocycles. The summed E-state index contributed by atoms with van der Waals surface area (Å²) in [7, 11) is 0. The average molecular weight is 552 g/mol. The molecule has 9 N–H and O–H groups in total. The van der Waals surface area contributed by atoms with E-state index in [1.54, 1.807) is 0 Å². The van der Waals surface area contributed by atoms with Crippen LogP contribution in [0.5, 0.6) is 57.5 Å². The molecule has 2 atom stereocenters. The van der Waals surface area contributed by atoms with Gasteiger partial charge in [-0.15, -0.1) is 0 Å². The molecule has 1 aliphatic rings. The third kappa shape index (κ3) is 4.24. The molecule has 0 bridgehead atoms. The second kappa shape index (κ2) is 9.23. The van der Waals surface area contributed by atoms with Gasteiger partial charge in [0.15, 0.2) is 40.6 Å². The van der Waals surface area contributed by atoms with Gasteiger partial charge in [-0.25, -0.2) is 4.79 Å². The van der Waals surface area contributed by atoms with Crippen LogP contribution in [0.1, 0.15) is 27.6 Å². The molecule has 4 aromatic carbocycles. The van der Waals surface area contributed by atoms with Gasteiger partial charge < -0.3 is 55.4 Å². The number of ether oxygens (including phenoxy) is 2. The first kappa shape index (κ1) is 25.9. The summed E-state index contributed by atoms with van der Waals surface area (Å²) in [6.07, 6.45) is -2.90. The Balaban J connectivity index is 1.67. The van der Waals surface area contributed by atoms with Crippen LogP contribution in [-0.4, -0.2) is 58.0 Å². The van der Waals surface area contributed by atoms with Crippen molar-refractivity contribution in [1.82, 2.24) is 0 Å². The zero-order chi connectivity index (χ0) is 29.0. The predicted molar refractivity (Wildman–Crippen MR) is 134 cm³/mol. The maximum Gasteiger partial charge on any atom is 0.338 e. The van der Waals surface area contributed by atoms with Crippen LogP contribution < -0.4 is 10.2 Å². The molecular formula is C27H20O13. The van der Waals surface area contributed by atoms with E-state index in [1.807, 2.05) is 0 Å². The lowest BCUT2D eigenvalue weighted by atomic mass is 9.94. The number of hydrogen-bond acceptors (Lipinski definition) is 13. The molecule has 206 valence electrons. The summed E-state index contributed by atoms with van der Waals surface area (Å²) >= 11 is 0. The van der Waals surface area contributed by atoms with Crippen LogP contribution in [0.4, 0.5) is 0 Å². The van der Waals surface area contributed by atoms with E-state index in [1.165, 1.54) is 12.1 Å². The van der Waals surface area contributed by atoms with Gasteiger partial charge in [0.2, 0.25) is 11.2 Å². The summed E-state index contributed by atoms with van der Waals surface area (Å²) in [4.78, 5) is 25.8. The lowest BCUT2D eigenvalue weighted by molar-refractivity contribution is -0.0188. The van der Waals surface area contributed by atoms with Crippen molar-refractivity contribution in [1.29, 1.82) is 0 Å². The molecule has 5 rings (SSSR count). The van der Waals surface area contributed by atoms with E-state index in [0.29, 0.717) is 0 Å². The normalized spacial score (nSPS) is 16.2. The van der Waals surface area contributed by atoms with E-state index >= 15 is 0 Å². The summed E-state index contributed by atoms with van der Waals surface area (Å²) < 4.78 is 11.5. The number of esters is 1. The molecule has 13 nitrogen and oxygen atoms in total. The summed E-state index contributed by atoms with van der Waals surface area (Å²) in [5.74, 6) is -8.03. The number of rotatable bonds is 3. The van der Waals surface area contributed by atoms with E-state index in [9.17, 15) is 55.5 Å². The van der Waals surface area contributed by atoms with Crippen molar-refractivity contribution in [2.75, 3.05) is 0 Å². The van der Waals surface area contributed by atoms with E-state index < -0.39 is 75.0 Å². The van der Waals surface area contributed by atoms with Gasteiger partial charge in [-0.3, -0.25) is 4.79 Å². The highest BCUT2D eigenvalue weighted by Crippen LogP contribution is 2.45. The van der Waals surface area contributed by atoms with Crippen molar-refractivity contribution in [2.24, 2.45) is 0 Å². The number of fused-ring (bicyclic) bond motifs is 2. The van der Waals surface area contributed by atoms with Crippen LogP contribution in [0, 0.1) is 0 Å². The molecule has 2 unspecified atom stereocenters. The van der Waals surface area contributed by atoms with Crippen molar-refractivity contribution >= 4 is 16.7 Å². The molecule has 40 heavy (non-hydrogen) atoms. The summed E-state index contributed by atoms with van der Waals surface area (Å²) in [6, 6.07) is 6.99. The van der Waals surface area contributed by atoms with Crippen molar-refractivity contribution in [3.8, 4) is 57.5 Å². The number of phenols is 8. The molecule has 13 heteroatoms. The minimum atomic E-state index is -1.35. The van der Waals surface area contributed by atoms with Crippen LogP contribution >= 0.6 is 0 Å². The summed E-state index contributed by atoms with van der Waals surface area (Å²) in [6.45, 7) is 0. The van der Waals surface area contributed by atoms with E-state index in [4.69, 9.17) is 9.47 Å². The van der Waals surface area contributed by atoms with E-state index in [2.05, 4.69) is 0 Å². The van der Waals surface area contributed by atoms with Crippen molar-refractivity contribution in [3.63, 3.8) is 0 Å². The topological polar surface area (TPSA) is 235 Å². The fourth-order valence-corrected chi connectivity index (χ4v) is 4.52. The van der Waals surface area contributed by atoms with Crippen LogP contribution in [0.3, 0.4) is 0 Å². The first-order valence-electron chi connectivity index (χ1n) is 11.5. The van der Waals surface area contributed by atoms with Gasteiger partial charge in [0, 0.05) is 29.7 Å². The number of hydrogen-bond donors (Lipinski definition) is 9. The fourth-order valence-electron chi connectivity index (χ4n) is 4.52. The van der Waals surface area contributed by atoms with Gasteiger partial charge in [-0.05, 0) is 35.7 Å². The Bertz CT molecular complexity index is 1760. The number of phenolic OH excluding ortho intramolecular Hbond substituents is 8. The summed E-state index contributed by atoms with van der Waals surface area (Å²) in [5.41, 5.74) is -1.38. The maximum atomic E-state index is 13.0. The Morgan fingerprint density at radius 1 is 0.725 bits per heavy atom. The van der Waals surface area contributed by atoms with Crippen molar-refractivity contribution in [3.05, 3.63) is 69.4 Å². The molecule has 1 aliphatic heterocycles. The molecule has 0 spiro atoms. The number of benzene rings is 3. The summed E-state index contributed by atoms with van der Waals surface area (Å²) in [5, 5.41) is 89.5. The Labute approximate surface area is 222 Å². The standard InChI is InChI=1S/C27H20O13/c28-12-6-14(29)13-8-20(40-27(38)11-4-15(30)22(34)16(31)5-11)26(39-19(13)7-12)10-1-9-2-18(33)24(36)25(37)21(9)23(35)17(32)3-10/h1-7,20,26,28-31,33-34,36-37H,8H2,(H,32,35). The first-order chi connectivity index (χ1) is 18.8. The second-order valence-electron chi connectivity index (χ2n) is 9.05. The average Bonchev–Trinajstić information content (AvgIpc) is 3.01. The Kier molecular flexibility index (Phi) is 5.98. The van der Waals surface area contributed by atoms with Gasteiger partial charge in [0.05, 0.1) is 10.9 Å². The highest BCUT2D eigenvalue weighted by molar-refractivity contribution is 5.93. The van der Waals surface area contributed by atoms with E-state index in [-0.39, 0.29) is 40.0 Å². The molecule has 0 aliphatic carbocycles. The van der Waals surface area contributed by atoms with Gasteiger partial charge in [0.25, 0.3) is 0 Å². The smallest absolute Gasteiger partial charge is 0.338 e. The van der Waals surface area contributed by atoms with Crippen LogP contribution in [0.25, 0.3) is 10.8 Å². The number of aromatic hydroxyl groups is 9. The van der Waals surface area contributed by atoms with Gasteiger partial charge in [-0.1, -0.05) is 0 Å². The monoisotopic (exact) mass is 552 g/mol. The van der Waals surface area contributed by atoms with Crippen LogP contribution in [0.2, 0.25) is 0 Å². The van der Waals surface area contributed by atoms with Crippen LogP contribution in [0.15, 0.2) is 47.3 Å². The highest BCUT2D eigenvalue weighted by atomic mass is 16.6. The van der Waals surface area contributed by atoms with Gasteiger partial charge >= 0.3 is 5.97 Å². The molecule has 4 aromatic rings. The van der Waals surface area contributed by atoms with Crippen molar-refractivity contribution in [2.45, 2.75) is 18.6 Å². The maximum absolute atomic E-state index is 13.0. The Hall–Kier alpha value is -5.72. The molecule has 0 fully saturated rings. The SMILES string of the molecule is O=C(OC1Cc2c(O)cc(O)cc2OC1c1cc(O)c(=O)c2c(O)c(O)c(O)cc2c1)c1cc(O)c(O)c(O)c1. The number of carbonyl (C=O) groups excluding carboxylic acids is 1. The molecule has 0 radical (unpaired) electrons. The quantitative estimate of drug-likeness (QED) is 0.131. The third-order valence-corrected chi connectivity index (χ3v) is 6.43. The highest BCUT2D eigenvalue weighted by Gasteiger charge is 2.37. The van der Waals surface area contributed by atoms with Gasteiger partial charge in [-0.2, -0.15) is 0 Å². The zero-order valence-electron chi connectivity index (χ0n) is 20.1. The molecule has 0 amide bonds. The molecule has 0 aromatic heterocycles. The number of carbonyl (C=O) groups is 1. The molecular weight excluding hydrogens is 532 g/mol. The predicted octanol–water partition coefficient (Wildman–Crippen LogP) is 2.45. The largest absolute Gasteiger partial charge is 0.508 e. The van der Waals surface area contributed by atoms with Crippen LogP contribution in [-0.2, 0) is 11.2 Å². The minimum absolute atomic E-state index is 0.0308. The fraction of sp³-hybridized carbons (Fsp3) is 0.111. The Morgan fingerprint density at radius 2 is 1.38 bits per heavy atom. The zero-order valence-corrected chi connectivity index (χ0v) is 20.1. The third-order valence-electron chi connectivity index (χ3n) is 6.43.